The fraction of sp³-hybridized carbons (Fsp3) is 0.286. The molecular weight excluding hydrogens is 230 g/mol. The summed E-state index contributed by atoms with van der Waals surface area (Å²) in [6.07, 6.45) is 2.50. The van der Waals surface area contributed by atoms with E-state index in [2.05, 4.69) is 5.32 Å². The number of amides is 1. The monoisotopic (exact) mass is 247 g/mol. The first-order valence-corrected chi connectivity index (χ1v) is 5.62. The van der Waals surface area contributed by atoms with Gasteiger partial charge in [0, 0.05) is 17.2 Å². The standard InChI is InChI=1S/C14H17NO3/c1-14(2,3)13(18)15-11-7-5-4-6-10(11)8-9-12(16)17/h4-9H,1-3H3,(H,15,18)(H,16,17)/b9-8+. The highest BCUT2D eigenvalue weighted by Gasteiger charge is 2.21. The van der Waals surface area contributed by atoms with E-state index in [-0.39, 0.29) is 5.91 Å². The van der Waals surface area contributed by atoms with E-state index in [0.717, 1.165) is 6.08 Å². The van der Waals surface area contributed by atoms with Crippen molar-refractivity contribution in [1.82, 2.24) is 0 Å². The zero-order chi connectivity index (χ0) is 13.8. The number of carboxylic acids is 1. The Morgan fingerprint density at radius 1 is 1.22 bits per heavy atom. The minimum atomic E-state index is -1.02. The van der Waals surface area contributed by atoms with Gasteiger partial charge in [0.05, 0.1) is 0 Å². The van der Waals surface area contributed by atoms with Gasteiger partial charge in [-0.2, -0.15) is 0 Å². The Morgan fingerprint density at radius 3 is 2.39 bits per heavy atom. The Labute approximate surface area is 106 Å². The number of hydrogen-bond acceptors (Lipinski definition) is 2. The predicted octanol–water partition coefficient (Wildman–Crippen LogP) is 2.77. The van der Waals surface area contributed by atoms with Crippen molar-refractivity contribution < 1.29 is 14.7 Å². The highest BCUT2D eigenvalue weighted by atomic mass is 16.4. The van der Waals surface area contributed by atoms with Crippen LogP contribution in [0.1, 0.15) is 26.3 Å². The van der Waals surface area contributed by atoms with Crippen molar-refractivity contribution in [3.63, 3.8) is 0 Å². The molecular formula is C14H17NO3. The van der Waals surface area contributed by atoms with Gasteiger partial charge in [-0.1, -0.05) is 39.0 Å². The van der Waals surface area contributed by atoms with Crippen LogP contribution < -0.4 is 5.32 Å². The maximum Gasteiger partial charge on any atom is 0.328 e. The molecule has 0 heterocycles. The normalized spacial score (nSPS) is 11.5. The highest BCUT2D eigenvalue weighted by molar-refractivity contribution is 5.97. The molecule has 1 amide bonds. The first-order chi connectivity index (χ1) is 8.30. The largest absolute Gasteiger partial charge is 0.478 e. The van der Waals surface area contributed by atoms with E-state index in [1.807, 2.05) is 20.8 Å². The Bertz CT molecular complexity index is 484. The summed E-state index contributed by atoms with van der Waals surface area (Å²) >= 11 is 0. The van der Waals surface area contributed by atoms with Gasteiger partial charge in [0.2, 0.25) is 5.91 Å². The van der Waals surface area contributed by atoms with Gasteiger partial charge < -0.3 is 10.4 Å². The van der Waals surface area contributed by atoms with Crippen LogP contribution in [0.5, 0.6) is 0 Å². The minimum absolute atomic E-state index is 0.112. The molecule has 4 nitrogen and oxygen atoms in total. The fourth-order valence-corrected chi connectivity index (χ4v) is 1.23. The number of nitrogens with one attached hydrogen (secondary N) is 1. The van der Waals surface area contributed by atoms with Crippen molar-refractivity contribution in [2.24, 2.45) is 5.41 Å². The summed E-state index contributed by atoms with van der Waals surface area (Å²) in [5, 5.41) is 11.4. The van der Waals surface area contributed by atoms with Crippen LogP contribution in [0.2, 0.25) is 0 Å². The third-order valence-corrected chi connectivity index (χ3v) is 2.30. The lowest BCUT2D eigenvalue weighted by Gasteiger charge is -2.18. The average Bonchev–Trinajstić information content (AvgIpc) is 2.26. The maximum atomic E-state index is 11.9. The van der Waals surface area contributed by atoms with Crippen LogP contribution in [-0.4, -0.2) is 17.0 Å². The lowest BCUT2D eigenvalue weighted by molar-refractivity contribution is -0.131. The number of carbonyl (C=O) groups excluding carboxylic acids is 1. The van der Waals surface area contributed by atoms with E-state index in [1.165, 1.54) is 6.08 Å². The number of anilines is 1. The van der Waals surface area contributed by atoms with Gasteiger partial charge in [-0.25, -0.2) is 4.79 Å². The summed E-state index contributed by atoms with van der Waals surface area (Å²) in [4.78, 5) is 22.4. The predicted molar refractivity (Wildman–Crippen MR) is 71.2 cm³/mol. The molecule has 0 atom stereocenters. The highest BCUT2D eigenvalue weighted by Crippen LogP contribution is 2.21. The molecule has 0 fully saturated rings. The van der Waals surface area contributed by atoms with Gasteiger partial charge in [-0.05, 0) is 17.7 Å². The Hall–Kier alpha value is -2.10. The molecule has 0 saturated carbocycles. The van der Waals surface area contributed by atoms with Crippen molar-refractivity contribution >= 4 is 23.6 Å². The van der Waals surface area contributed by atoms with Crippen LogP contribution in [0.4, 0.5) is 5.69 Å². The molecule has 0 bridgehead atoms. The van der Waals surface area contributed by atoms with Crippen molar-refractivity contribution in [2.45, 2.75) is 20.8 Å². The summed E-state index contributed by atoms with van der Waals surface area (Å²) in [6.45, 7) is 5.45. The van der Waals surface area contributed by atoms with Crippen molar-refractivity contribution in [2.75, 3.05) is 5.32 Å². The van der Waals surface area contributed by atoms with Crippen molar-refractivity contribution in [3.05, 3.63) is 35.9 Å². The zero-order valence-electron chi connectivity index (χ0n) is 10.7. The molecule has 96 valence electrons. The summed E-state index contributed by atoms with van der Waals surface area (Å²) in [5.41, 5.74) is 0.774. The van der Waals surface area contributed by atoms with Crippen LogP contribution in [0, 0.1) is 5.41 Å². The number of para-hydroxylation sites is 1. The number of aliphatic carboxylic acids is 1. The molecule has 1 aromatic rings. The maximum absolute atomic E-state index is 11.9. The van der Waals surface area contributed by atoms with Crippen LogP contribution in [0.25, 0.3) is 6.08 Å². The molecule has 0 aliphatic rings. The molecule has 0 saturated heterocycles. The number of carbonyl (C=O) groups is 2. The smallest absolute Gasteiger partial charge is 0.328 e. The van der Waals surface area contributed by atoms with E-state index in [0.29, 0.717) is 11.3 Å². The molecule has 0 radical (unpaired) electrons. The summed E-state index contributed by atoms with van der Waals surface area (Å²) < 4.78 is 0. The number of carboxylic acid groups (broad SMARTS) is 1. The van der Waals surface area contributed by atoms with E-state index >= 15 is 0 Å². The molecule has 4 heteroatoms. The molecule has 18 heavy (non-hydrogen) atoms. The van der Waals surface area contributed by atoms with Gasteiger partial charge in [-0.15, -0.1) is 0 Å². The first kappa shape index (κ1) is 14.0. The van der Waals surface area contributed by atoms with E-state index in [9.17, 15) is 9.59 Å². The van der Waals surface area contributed by atoms with Crippen LogP contribution in [0.3, 0.4) is 0 Å². The average molecular weight is 247 g/mol. The zero-order valence-corrected chi connectivity index (χ0v) is 10.7. The summed E-state index contributed by atoms with van der Waals surface area (Å²) in [6, 6.07) is 7.06. The number of rotatable bonds is 3. The number of hydrogen-bond donors (Lipinski definition) is 2. The molecule has 1 rings (SSSR count). The second-order valence-corrected chi connectivity index (χ2v) is 4.96. The Morgan fingerprint density at radius 2 is 1.83 bits per heavy atom. The molecule has 0 aromatic heterocycles. The van der Waals surface area contributed by atoms with E-state index in [1.54, 1.807) is 24.3 Å². The molecule has 0 unspecified atom stereocenters. The Kier molecular flexibility index (Phi) is 4.26. The van der Waals surface area contributed by atoms with Crippen LogP contribution in [-0.2, 0) is 9.59 Å². The molecule has 0 aliphatic heterocycles. The summed E-state index contributed by atoms with van der Waals surface area (Å²) in [7, 11) is 0. The van der Waals surface area contributed by atoms with Crippen LogP contribution >= 0.6 is 0 Å². The van der Waals surface area contributed by atoms with E-state index in [4.69, 9.17) is 5.11 Å². The van der Waals surface area contributed by atoms with Crippen molar-refractivity contribution in [3.8, 4) is 0 Å². The third kappa shape index (κ3) is 4.05. The van der Waals surface area contributed by atoms with Gasteiger partial charge >= 0.3 is 5.97 Å². The molecule has 0 aliphatic carbocycles. The lowest BCUT2D eigenvalue weighted by atomic mass is 9.95. The third-order valence-electron chi connectivity index (χ3n) is 2.30. The minimum Gasteiger partial charge on any atom is -0.478 e. The van der Waals surface area contributed by atoms with Gasteiger partial charge in [0.1, 0.15) is 0 Å². The van der Waals surface area contributed by atoms with Crippen LogP contribution in [0.15, 0.2) is 30.3 Å². The van der Waals surface area contributed by atoms with Gasteiger partial charge in [0.15, 0.2) is 0 Å². The molecule has 1 aromatic carbocycles. The molecule has 0 spiro atoms. The fourth-order valence-electron chi connectivity index (χ4n) is 1.23. The lowest BCUT2D eigenvalue weighted by Crippen LogP contribution is -2.27. The second-order valence-electron chi connectivity index (χ2n) is 4.96. The first-order valence-electron chi connectivity index (χ1n) is 5.62. The SMILES string of the molecule is CC(C)(C)C(=O)Nc1ccccc1/C=C/C(=O)O. The second kappa shape index (κ2) is 5.49. The Balaban J connectivity index is 2.96. The van der Waals surface area contributed by atoms with Gasteiger partial charge in [-0.3, -0.25) is 4.79 Å². The quantitative estimate of drug-likeness (QED) is 0.807. The summed E-state index contributed by atoms with van der Waals surface area (Å²) in [5.74, 6) is -1.13. The molecule has 2 N–H and O–H groups in total. The topological polar surface area (TPSA) is 66.4 Å². The van der Waals surface area contributed by atoms with E-state index < -0.39 is 11.4 Å². The van der Waals surface area contributed by atoms with Crippen molar-refractivity contribution in [1.29, 1.82) is 0 Å². The van der Waals surface area contributed by atoms with Gasteiger partial charge in [0.25, 0.3) is 0 Å². The number of benzene rings is 1.